The smallest absolute Gasteiger partial charge is 0.328 e. The molecule has 0 heterocycles. The molecule has 0 saturated carbocycles. The van der Waals surface area contributed by atoms with Crippen LogP contribution >= 0.6 is 0 Å². The van der Waals surface area contributed by atoms with E-state index in [1.54, 1.807) is 12.1 Å². The standard InChI is InChI=1S/C18H18N2O4/c1-12(20-18(19)23)17(22)24-11-16(21)15-9-7-14(8-10-15)13-5-3-2-4-6-13/h2-10,12H,11H2,1H3,(H3,19,20,23)/t12-/m1/s1. The number of carbonyl (C=O) groups is 3. The summed E-state index contributed by atoms with van der Waals surface area (Å²) in [6.45, 7) is 1.03. The van der Waals surface area contributed by atoms with Crippen molar-refractivity contribution in [1.82, 2.24) is 5.32 Å². The van der Waals surface area contributed by atoms with Crippen LogP contribution < -0.4 is 11.1 Å². The Bertz CT molecular complexity index is 726. The summed E-state index contributed by atoms with van der Waals surface area (Å²) in [5, 5.41) is 2.18. The van der Waals surface area contributed by atoms with Gasteiger partial charge >= 0.3 is 12.0 Å². The summed E-state index contributed by atoms with van der Waals surface area (Å²) in [5.74, 6) is -1.04. The maximum Gasteiger partial charge on any atom is 0.328 e. The summed E-state index contributed by atoms with van der Waals surface area (Å²) >= 11 is 0. The lowest BCUT2D eigenvalue weighted by atomic mass is 10.0. The zero-order valence-electron chi connectivity index (χ0n) is 13.2. The summed E-state index contributed by atoms with van der Waals surface area (Å²) in [6.07, 6.45) is 0. The lowest BCUT2D eigenvalue weighted by molar-refractivity contribution is -0.144. The van der Waals surface area contributed by atoms with Gasteiger partial charge in [0, 0.05) is 5.56 Å². The molecule has 2 aromatic carbocycles. The molecule has 0 fully saturated rings. The number of hydrogen-bond donors (Lipinski definition) is 2. The Labute approximate surface area is 139 Å². The highest BCUT2D eigenvalue weighted by molar-refractivity contribution is 5.98. The van der Waals surface area contributed by atoms with Gasteiger partial charge in [-0.15, -0.1) is 0 Å². The Hall–Kier alpha value is -3.15. The molecule has 0 saturated heterocycles. The number of hydrogen-bond acceptors (Lipinski definition) is 4. The molecule has 3 N–H and O–H groups in total. The third-order valence-corrected chi connectivity index (χ3v) is 3.37. The van der Waals surface area contributed by atoms with E-state index >= 15 is 0 Å². The first-order chi connectivity index (χ1) is 11.5. The molecule has 0 bridgehead atoms. The fourth-order valence-corrected chi connectivity index (χ4v) is 2.10. The van der Waals surface area contributed by atoms with Crippen LogP contribution in [0, 0.1) is 0 Å². The van der Waals surface area contributed by atoms with E-state index in [1.165, 1.54) is 6.92 Å². The SMILES string of the molecule is C[C@@H](NC(N)=O)C(=O)OCC(=O)c1ccc(-c2ccccc2)cc1. The van der Waals surface area contributed by atoms with E-state index in [1.807, 2.05) is 42.5 Å². The van der Waals surface area contributed by atoms with E-state index in [0.717, 1.165) is 11.1 Å². The molecule has 2 amide bonds. The molecule has 0 aliphatic heterocycles. The minimum atomic E-state index is -0.907. The topological polar surface area (TPSA) is 98.5 Å². The predicted molar refractivity (Wildman–Crippen MR) is 89.3 cm³/mol. The zero-order valence-corrected chi connectivity index (χ0v) is 13.2. The van der Waals surface area contributed by atoms with Gasteiger partial charge in [-0.3, -0.25) is 4.79 Å². The first-order valence-corrected chi connectivity index (χ1v) is 7.38. The fraction of sp³-hybridized carbons (Fsp3) is 0.167. The second kappa shape index (κ2) is 7.92. The summed E-state index contributed by atoms with van der Waals surface area (Å²) in [5.41, 5.74) is 7.40. The number of carbonyl (C=O) groups excluding carboxylic acids is 3. The van der Waals surface area contributed by atoms with E-state index in [4.69, 9.17) is 10.5 Å². The first-order valence-electron chi connectivity index (χ1n) is 7.38. The molecule has 1 atom stereocenters. The van der Waals surface area contributed by atoms with Crippen LogP contribution in [-0.4, -0.2) is 30.4 Å². The van der Waals surface area contributed by atoms with Crippen molar-refractivity contribution in [3.8, 4) is 11.1 Å². The Kier molecular flexibility index (Phi) is 5.68. The van der Waals surface area contributed by atoms with E-state index < -0.39 is 24.6 Å². The highest BCUT2D eigenvalue weighted by Gasteiger charge is 2.17. The van der Waals surface area contributed by atoms with E-state index in [-0.39, 0.29) is 5.78 Å². The number of primary amides is 1. The molecule has 0 unspecified atom stereocenters. The Morgan fingerprint density at radius 3 is 2.17 bits per heavy atom. The number of urea groups is 1. The third-order valence-electron chi connectivity index (χ3n) is 3.37. The molecule has 2 rings (SSSR count). The summed E-state index contributed by atoms with van der Waals surface area (Å²) in [7, 11) is 0. The number of benzene rings is 2. The molecule has 0 radical (unpaired) electrons. The number of nitrogens with two attached hydrogens (primary N) is 1. The van der Waals surface area contributed by atoms with Crippen LogP contribution in [0.5, 0.6) is 0 Å². The number of esters is 1. The molecule has 124 valence electrons. The maximum absolute atomic E-state index is 12.1. The van der Waals surface area contributed by atoms with E-state index in [2.05, 4.69) is 5.32 Å². The van der Waals surface area contributed by atoms with Crippen molar-refractivity contribution in [3.63, 3.8) is 0 Å². The number of nitrogens with one attached hydrogen (secondary N) is 1. The fourth-order valence-electron chi connectivity index (χ4n) is 2.10. The average Bonchev–Trinajstić information content (AvgIpc) is 2.59. The second-order valence-electron chi connectivity index (χ2n) is 5.20. The van der Waals surface area contributed by atoms with Gasteiger partial charge in [0.05, 0.1) is 0 Å². The van der Waals surface area contributed by atoms with Crippen molar-refractivity contribution in [2.45, 2.75) is 13.0 Å². The molecular formula is C18H18N2O4. The molecule has 24 heavy (non-hydrogen) atoms. The molecule has 0 spiro atoms. The van der Waals surface area contributed by atoms with Crippen LogP contribution in [0.15, 0.2) is 54.6 Å². The lowest BCUT2D eigenvalue weighted by Gasteiger charge is -2.11. The van der Waals surface area contributed by atoms with Gasteiger partial charge in [-0.1, -0.05) is 54.6 Å². The van der Waals surface area contributed by atoms with E-state index in [9.17, 15) is 14.4 Å². The zero-order chi connectivity index (χ0) is 17.5. The molecule has 6 heteroatoms. The van der Waals surface area contributed by atoms with Gasteiger partial charge in [-0.05, 0) is 18.1 Å². The van der Waals surface area contributed by atoms with E-state index in [0.29, 0.717) is 5.56 Å². The molecule has 6 nitrogen and oxygen atoms in total. The van der Waals surface area contributed by atoms with Gasteiger partial charge in [0.25, 0.3) is 0 Å². The predicted octanol–water partition coefficient (Wildman–Crippen LogP) is 2.14. The quantitative estimate of drug-likeness (QED) is 0.627. The number of ether oxygens (including phenoxy) is 1. The monoisotopic (exact) mass is 326 g/mol. The highest BCUT2D eigenvalue weighted by Crippen LogP contribution is 2.19. The number of rotatable bonds is 6. The van der Waals surface area contributed by atoms with Crippen molar-refractivity contribution in [2.75, 3.05) is 6.61 Å². The Morgan fingerprint density at radius 2 is 1.58 bits per heavy atom. The number of amides is 2. The highest BCUT2D eigenvalue weighted by atomic mass is 16.5. The van der Waals surface area contributed by atoms with Crippen LogP contribution in [0.1, 0.15) is 17.3 Å². The lowest BCUT2D eigenvalue weighted by Crippen LogP contribution is -2.42. The minimum Gasteiger partial charge on any atom is -0.456 e. The van der Waals surface area contributed by atoms with Crippen molar-refractivity contribution in [1.29, 1.82) is 0 Å². The maximum atomic E-state index is 12.1. The number of ketones is 1. The Morgan fingerprint density at radius 1 is 1.00 bits per heavy atom. The van der Waals surface area contributed by atoms with Gasteiger partial charge in [0.2, 0.25) is 0 Å². The number of Topliss-reactive ketones (excluding diaryl/α,β-unsaturated/α-hetero) is 1. The van der Waals surface area contributed by atoms with Crippen molar-refractivity contribution in [2.24, 2.45) is 5.73 Å². The third kappa shape index (κ3) is 4.67. The second-order valence-corrected chi connectivity index (χ2v) is 5.20. The van der Waals surface area contributed by atoms with Crippen LogP contribution in [0.4, 0.5) is 4.79 Å². The summed E-state index contributed by atoms with van der Waals surface area (Å²) in [4.78, 5) is 34.3. The van der Waals surface area contributed by atoms with Gasteiger partial charge < -0.3 is 15.8 Å². The molecule has 0 aromatic heterocycles. The first kappa shape index (κ1) is 17.2. The van der Waals surface area contributed by atoms with Crippen LogP contribution in [0.2, 0.25) is 0 Å². The van der Waals surface area contributed by atoms with Crippen molar-refractivity contribution in [3.05, 3.63) is 60.2 Å². The van der Waals surface area contributed by atoms with Crippen LogP contribution in [0.25, 0.3) is 11.1 Å². The molecule has 2 aromatic rings. The van der Waals surface area contributed by atoms with Crippen molar-refractivity contribution >= 4 is 17.8 Å². The summed E-state index contributed by atoms with van der Waals surface area (Å²) < 4.78 is 4.88. The normalized spacial score (nSPS) is 11.4. The van der Waals surface area contributed by atoms with Crippen LogP contribution in [0.3, 0.4) is 0 Å². The van der Waals surface area contributed by atoms with Gasteiger partial charge in [-0.2, -0.15) is 0 Å². The van der Waals surface area contributed by atoms with Gasteiger partial charge in [0.1, 0.15) is 6.04 Å². The van der Waals surface area contributed by atoms with Crippen LogP contribution in [-0.2, 0) is 9.53 Å². The molecule has 0 aliphatic carbocycles. The minimum absolute atomic E-state index is 0.325. The Balaban J connectivity index is 1.93. The molecule has 0 aliphatic rings. The van der Waals surface area contributed by atoms with Crippen molar-refractivity contribution < 1.29 is 19.1 Å². The largest absolute Gasteiger partial charge is 0.456 e. The van der Waals surface area contributed by atoms with Gasteiger partial charge in [-0.25, -0.2) is 9.59 Å². The summed E-state index contributed by atoms with van der Waals surface area (Å²) in [6, 6.07) is 15.1. The average molecular weight is 326 g/mol. The molecular weight excluding hydrogens is 308 g/mol. The van der Waals surface area contributed by atoms with Gasteiger partial charge in [0.15, 0.2) is 12.4 Å².